The summed E-state index contributed by atoms with van der Waals surface area (Å²) in [5.41, 5.74) is -1.20. The van der Waals surface area contributed by atoms with Gasteiger partial charge in [-0.1, -0.05) is 12.1 Å². The number of phenols is 4. The van der Waals surface area contributed by atoms with E-state index in [1.165, 1.54) is 43.3 Å². The number of aliphatic hydroxyl groups is 6. The number of phenolic OH excluding ortho intramolecular Hbond substituents is 4. The maximum Gasteiger partial charge on any atom is 0.348 e. The number of ether oxygens (including phenoxy) is 6. The summed E-state index contributed by atoms with van der Waals surface area (Å²) < 4.78 is 38.4. The van der Waals surface area contributed by atoms with Crippen LogP contribution >= 0.6 is 0 Å². The maximum atomic E-state index is 14.0. The molecule has 4 aromatic rings. The standard InChI is InChI=1S/C40H40O22/c1-15-29(48)32(51)34(53)39(57-15)62-37-31(50)28-22(44)11-19(12-23(28)60-36(37)17-5-8-20(42)21(43)10-17)58-40-35(54)33(52)30(49)25(61-40)14-56-38(55)24(13-26(45)46)59-27(47)9-4-16-2-6-18(41)7-3-16/h2-12,15,24-25,29-30,32-35,39-44,48-49,51-54H,13-14H2,1H3,(H,45,46)/b9-4+/t15-,24?,25+,29-,30+,32+,33-,34+,35+,39-,40+/m0/s1. The van der Waals surface area contributed by atoms with Gasteiger partial charge in [-0.05, 0) is 48.9 Å². The molecule has 0 aliphatic carbocycles. The summed E-state index contributed by atoms with van der Waals surface area (Å²) in [7, 11) is 0. The second-order valence-corrected chi connectivity index (χ2v) is 14.1. The Kier molecular flexibility index (Phi) is 13.5. The quantitative estimate of drug-likeness (QED) is 0.0450. The number of aliphatic hydroxyl groups excluding tert-OH is 6. The normalized spacial score (nSPS) is 26.8. The summed E-state index contributed by atoms with van der Waals surface area (Å²) >= 11 is 0. The molecule has 0 radical (unpaired) electrons. The van der Waals surface area contributed by atoms with E-state index >= 15 is 0 Å². The van der Waals surface area contributed by atoms with Crippen LogP contribution in [0.25, 0.3) is 28.4 Å². The highest BCUT2D eigenvalue weighted by Gasteiger charge is 2.47. The van der Waals surface area contributed by atoms with Crippen molar-refractivity contribution in [3.05, 3.63) is 76.5 Å². The molecule has 3 heterocycles. The lowest BCUT2D eigenvalue weighted by Gasteiger charge is -2.40. The molecule has 0 bridgehead atoms. The summed E-state index contributed by atoms with van der Waals surface area (Å²) in [6.07, 6.45) is -18.6. The Hall–Kier alpha value is -6.50. The minimum atomic E-state index is -2.03. The van der Waals surface area contributed by atoms with Crippen molar-refractivity contribution in [2.24, 2.45) is 0 Å². The minimum Gasteiger partial charge on any atom is -0.508 e. The van der Waals surface area contributed by atoms with Gasteiger partial charge in [0, 0.05) is 23.8 Å². The van der Waals surface area contributed by atoms with Crippen molar-refractivity contribution in [2.45, 2.75) is 80.9 Å². The van der Waals surface area contributed by atoms with Crippen molar-refractivity contribution in [3.63, 3.8) is 0 Å². The van der Waals surface area contributed by atoms with Crippen molar-refractivity contribution in [1.82, 2.24) is 0 Å². The fourth-order valence-electron chi connectivity index (χ4n) is 6.32. The molecule has 2 saturated heterocycles. The molecule has 11 N–H and O–H groups in total. The average molecular weight is 873 g/mol. The van der Waals surface area contributed by atoms with Crippen LogP contribution in [0.1, 0.15) is 18.9 Å². The number of aliphatic carboxylic acids is 1. The van der Waals surface area contributed by atoms with Crippen LogP contribution in [0, 0.1) is 0 Å². The van der Waals surface area contributed by atoms with Gasteiger partial charge in [0.1, 0.15) is 77.6 Å². The topological polar surface area (TPSA) is 359 Å². The Morgan fingerprint density at radius 2 is 1.42 bits per heavy atom. The summed E-state index contributed by atoms with van der Waals surface area (Å²) in [5.74, 6) is -7.79. The molecule has 0 spiro atoms. The average Bonchev–Trinajstić information content (AvgIpc) is 3.22. The Bertz CT molecular complexity index is 2380. The lowest BCUT2D eigenvalue weighted by Crippen LogP contribution is -2.60. The molecular formula is C40H40O22. The van der Waals surface area contributed by atoms with Crippen LogP contribution < -0.4 is 14.9 Å². The number of hydrogen-bond acceptors (Lipinski definition) is 21. The van der Waals surface area contributed by atoms with Gasteiger partial charge in [0.15, 0.2) is 17.3 Å². The van der Waals surface area contributed by atoms with Crippen molar-refractivity contribution in [1.29, 1.82) is 0 Å². The Morgan fingerprint density at radius 1 is 0.758 bits per heavy atom. The predicted octanol–water partition coefficient (Wildman–Crippen LogP) is -0.682. The van der Waals surface area contributed by atoms with Gasteiger partial charge in [-0.3, -0.25) is 9.59 Å². The summed E-state index contributed by atoms with van der Waals surface area (Å²) in [5, 5.41) is 112. The van der Waals surface area contributed by atoms with Gasteiger partial charge in [-0.2, -0.15) is 0 Å². The van der Waals surface area contributed by atoms with Crippen LogP contribution in [0.3, 0.4) is 0 Å². The molecule has 6 rings (SSSR count). The van der Waals surface area contributed by atoms with Crippen molar-refractivity contribution < 1.29 is 103 Å². The van der Waals surface area contributed by atoms with Crippen LogP contribution in [0.2, 0.25) is 0 Å². The number of carbonyl (C=O) groups is 3. The van der Waals surface area contributed by atoms with E-state index in [1.54, 1.807) is 0 Å². The van der Waals surface area contributed by atoms with Crippen LogP contribution in [0.4, 0.5) is 0 Å². The molecule has 11 atom stereocenters. The van der Waals surface area contributed by atoms with E-state index < -0.39 is 149 Å². The summed E-state index contributed by atoms with van der Waals surface area (Å²) in [6.45, 7) is 0.435. The van der Waals surface area contributed by atoms with Gasteiger partial charge in [0.25, 0.3) is 0 Å². The van der Waals surface area contributed by atoms with Gasteiger partial charge in [0.05, 0.1) is 12.5 Å². The third-order valence-corrected chi connectivity index (χ3v) is 9.68. The predicted molar refractivity (Wildman–Crippen MR) is 203 cm³/mol. The first-order valence-corrected chi connectivity index (χ1v) is 18.5. The number of rotatable bonds is 13. The molecule has 22 nitrogen and oxygen atoms in total. The van der Waals surface area contributed by atoms with Gasteiger partial charge < -0.3 is 89.0 Å². The first-order chi connectivity index (χ1) is 29.3. The highest BCUT2D eigenvalue weighted by molar-refractivity contribution is 5.91. The third-order valence-electron chi connectivity index (χ3n) is 9.68. The SMILES string of the molecule is C[C@@H]1O[C@@H](Oc2c(-c3ccc(O)c(O)c3)oc3cc(O[C@@H]4O[C@H](COC(=O)C(CC(=O)O)OC(=O)/C=C/c5ccc(O)cc5)[C@@H](O)[C@H](O)[C@H]4O)cc(O)c3c2=O)[C@H](O)[C@H](O)[C@H]1O. The molecule has 2 aliphatic rings. The number of hydrogen-bond donors (Lipinski definition) is 11. The van der Waals surface area contributed by atoms with E-state index in [-0.39, 0.29) is 11.3 Å². The number of fused-ring (bicyclic) bond motifs is 1. The minimum absolute atomic E-state index is 0.0370. The first kappa shape index (κ1) is 45.0. The highest BCUT2D eigenvalue weighted by Crippen LogP contribution is 2.40. The first-order valence-electron chi connectivity index (χ1n) is 18.5. The molecule has 1 unspecified atom stereocenters. The molecule has 0 amide bonds. The molecule has 0 saturated carbocycles. The van der Waals surface area contributed by atoms with Gasteiger partial charge in [-0.25, -0.2) is 9.59 Å². The molecule has 22 heteroatoms. The molecule has 2 aliphatic heterocycles. The molecular weight excluding hydrogens is 832 g/mol. The molecule has 3 aromatic carbocycles. The summed E-state index contributed by atoms with van der Waals surface area (Å²) in [4.78, 5) is 50.8. The van der Waals surface area contributed by atoms with E-state index in [4.69, 9.17) is 32.8 Å². The van der Waals surface area contributed by atoms with E-state index in [1.807, 2.05) is 0 Å². The van der Waals surface area contributed by atoms with Crippen LogP contribution in [0.5, 0.6) is 34.5 Å². The molecule has 332 valence electrons. The van der Waals surface area contributed by atoms with Crippen molar-refractivity contribution in [3.8, 4) is 45.8 Å². The fourth-order valence-corrected chi connectivity index (χ4v) is 6.32. The fraction of sp³-hybridized carbons (Fsp3) is 0.350. The Labute approximate surface area is 347 Å². The lowest BCUT2D eigenvalue weighted by molar-refractivity contribution is -0.279. The number of benzene rings is 3. The largest absolute Gasteiger partial charge is 0.508 e. The number of carbonyl (C=O) groups excluding carboxylic acids is 2. The van der Waals surface area contributed by atoms with E-state index in [9.17, 15) is 75.3 Å². The van der Waals surface area contributed by atoms with Crippen LogP contribution in [0.15, 0.2) is 69.9 Å². The second kappa shape index (κ2) is 18.6. The Balaban J connectivity index is 1.23. The number of esters is 2. The monoisotopic (exact) mass is 872 g/mol. The van der Waals surface area contributed by atoms with Crippen LogP contribution in [-0.2, 0) is 33.3 Å². The number of carboxylic acid groups (broad SMARTS) is 1. The maximum absolute atomic E-state index is 14.0. The number of carboxylic acids is 1. The molecule has 2 fully saturated rings. The van der Waals surface area contributed by atoms with E-state index in [2.05, 4.69) is 0 Å². The zero-order valence-electron chi connectivity index (χ0n) is 32.0. The van der Waals surface area contributed by atoms with Gasteiger partial charge in [0.2, 0.25) is 29.9 Å². The second-order valence-electron chi connectivity index (χ2n) is 14.1. The zero-order chi connectivity index (χ0) is 45.2. The van der Waals surface area contributed by atoms with Crippen LogP contribution in [-0.4, -0.2) is 148 Å². The van der Waals surface area contributed by atoms with Crippen molar-refractivity contribution >= 4 is 35.0 Å². The third kappa shape index (κ3) is 9.83. The summed E-state index contributed by atoms with van der Waals surface area (Å²) in [6, 6.07) is 10.7. The van der Waals surface area contributed by atoms with Gasteiger partial charge in [-0.15, -0.1) is 0 Å². The molecule has 1 aromatic heterocycles. The molecule has 62 heavy (non-hydrogen) atoms. The highest BCUT2D eigenvalue weighted by atomic mass is 16.7. The van der Waals surface area contributed by atoms with Gasteiger partial charge >= 0.3 is 17.9 Å². The van der Waals surface area contributed by atoms with E-state index in [0.717, 1.165) is 30.3 Å². The van der Waals surface area contributed by atoms with Crippen molar-refractivity contribution in [2.75, 3.05) is 6.61 Å². The number of aromatic hydroxyl groups is 4. The zero-order valence-corrected chi connectivity index (χ0v) is 32.0. The lowest BCUT2D eigenvalue weighted by atomic mass is 9.99. The Morgan fingerprint density at radius 3 is 2.08 bits per heavy atom. The smallest absolute Gasteiger partial charge is 0.348 e. The van der Waals surface area contributed by atoms with E-state index in [0.29, 0.717) is 5.56 Å².